The molecule has 1 aromatic carbocycles. The van der Waals surface area contributed by atoms with Crippen LogP contribution in [0.3, 0.4) is 0 Å². The molecule has 1 fully saturated rings. The molecule has 4 heterocycles. The summed E-state index contributed by atoms with van der Waals surface area (Å²) >= 11 is 0. The van der Waals surface area contributed by atoms with Gasteiger partial charge in [0.2, 0.25) is 5.71 Å². The maximum atomic E-state index is 6.03. The van der Waals surface area contributed by atoms with E-state index >= 15 is 0 Å². The summed E-state index contributed by atoms with van der Waals surface area (Å²) in [5, 5.41) is 0.883. The summed E-state index contributed by atoms with van der Waals surface area (Å²) in [5.74, 6) is 2.18. The van der Waals surface area contributed by atoms with Crippen LogP contribution in [0.1, 0.15) is 0 Å². The van der Waals surface area contributed by atoms with Gasteiger partial charge in [-0.05, 0) is 24.3 Å². The molecule has 28 heavy (non-hydrogen) atoms. The van der Waals surface area contributed by atoms with Crippen molar-refractivity contribution in [1.82, 2.24) is 15.0 Å². The van der Waals surface area contributed by atoms with E-state index in [1.165, 1.54) is 0 Å². The van der Waals surface area contributed by atoms with Gasteiger partial charge in [-0.3, -0.25) is 0 Å². The van der Waals surface area contributed by atoms with Crippen LogP contribution < -0.4 is 9.64 Å². The number of benzene rings is 1. The number of furan rings is 1. The molecule has 0 spiro atoms. The highest BCUT2D eigenvalue weighted by molar-refractivity contribution is 6.05. The molecule has 7 nitrogen and oxygen atoms in total. The molecule has 0 aliphatic carbocycles. The van der Waals surface area contributed by atoms with Gasteiger partial charge in [-0.15, -0.1) is 12.4 Å². The first-order chi connectivity index (χ1) is 13.3. The molecular formula is C20H19ClN4O3. The first kappa shape index (κ1) is 18.5. The molecule has 0 N–H and O–H groups in total. The maximum absolute atomic E-state index is 6.03. The van der Waals surface area contributed by atoms with Crippen molar-refractivity contribution in [2.75, 3.05) is 38.3 Å². The molecular weight excluding hydrogens is 380 g/mol. The third-order valence-corrected chi connectivity index (χ3v) is 4.71. The normalized spacial score (nSPS) is 14.2. The lowest BCUT2D eigenvalue weighted by atomic mass is 10.2. The lowest BCUT2D eigenvalue weighted by Gasteiger charge is -2.27. The van der Waals surface area contributed by atoms with Crippen LogP contribution in [-0.4, -0.2) is 48.4 Å². The van der Waals surface area contributed by atoms with Gasteiger partial charge in [0.05, 0.1) is 25.7 Å². The lowest BCUT2D eigenvalue weighted by molar-refractivity contribution is 0.122. The minimum Gasteiger partial charge on any atom is -0.497 e. The molecule has 0 radical (unpaired) electrons. The molecule has 0 unspecified atom stereocenters. The van der Waals surface area contributed by atoms with Gasteiger partial charge >= 0.3 is 0 Å². The number of methoxy groups -OCH3 is 1. The Morgan fingerprint density at radius 1 is 1.07 bits per heavy atom. The number of morpholine rings is 1. The average molecular weight is 399 g/mol. The first-order valence-corrected chi connectivity index (χ1v) is 8.86. The summed E-state index contributed by atoms with van der Waals surface area (Å²) in [6.45, 7) is 2.85. The van der Waals surface area contributed by atoms with Crippen molar-refractivity contribution < 1.29 is 13.9 Å². The molecule has 0 saturated carbocycles. The number of nitrogens with zero attached hydrogens (tertiary/aromatic N) is 4. The van der Waals surface area contributed by atoms with Gasteiger partial charge in [-0.25, -0.2) is 15.0 Å². The van der Waals surface area contributed by atoms with Crippen LogP contribution in [-0.2, 0) is 4.74 Å². The second-order valence-corrected chi connectivity index (χ2v) is 6.34. The predicted octanol–water partition coefficient (Wildman–Crippen LogP) is 3.71. The molecule has 1 aliphatic heterocycles. The van der Waals surface area contributed by atoms with E-state index in [2.05, 4.69) is 9.88 Å². The van der Waals surface area contributed by atoms with Crippen LogP contribution >= 0.6 is 12.4 Å². The van der Waals surface area contributed by atoms with Crippen LogP contribution in [0, 0.1) is 0 Å². The van der Waals surface area contributed by atoms with Crippen molar-refractivity contribution in [1.29, 1.82) is 0 Å². The third-order valence-electron chi connectivity index (χ3n) is 4.71. The largest absolute Gasteiger partial charge is 0.497 e. The summed E-state index contributed by atoms with van der Waals surface area (Å²) < 4.78 is 16.9. The van der Waals surface area contributed by atoms with E-state index in [1.807, 2.05) is 36.4 Å². The van der Waals surface area contributed by atoms with E-state index in [0.717, 1.165) is 41.1 Å². The van der Waals surface area contributed by atoms with Crippen molar-refractivity contribution in [3.8, 4) is 17.1 Å². The van der Waals surface area contributed by atoms with Crippen LogP contribution in [0.5, 0.6) is 5.75 Å². The number of rotatable bonds is 3. The Hall–Kier alpha value is -2.90. The molecule has 0 atom stereocenters. The molecule has 144 valence electrons. The fraction of sp³-hybridized carbons (Fsp3) is 0.250. The molecule has 0 amide bonds. The minimum atomic E-state index is 0. The summed E-state index contributed by atoms with van der Waals surface area (Å²) in [5.41, 5.74) is 2.90. The van der Waals surface area contributed by atoms with Gasteiger partial charge < -0.3 is 18.8 Å². The SMILES string of the molecule is COc1cccc(-c2nc(N3CCOCC3)c3oc4ncccc4c3n2)c1.Cl. The smallest absolute Gasteiger partial charge is 0.229 e. The Morgan fingerprint density at radius 3 is 2.75 bits per heavy atom. The minimum absolute atomic E-state index is 0. The molecule has 0 bridgehead atoms. The zero-order valence-electron chi connectivity index (χ0n) is 15.3. The van der Waals surface area contributed by atoms with Gasteiger partial charge in [0.1, 0.15) is 11.3 Å². The molecule has 3 aromatic heterocycles. The lowest BCUT2D eigenvalue weighted by Crippen LogP contribution is -2.37. The summed E-state index contributed by atoms with van der Waals surface area (Å²) in [7, 11) is 1.65. The second kappa shape index (κ2) is 7.61. The van der Waals surface area contributed by atoms with Crippen molar-refractivity contribution in [3.05, 3.63) is 42.6 Å². The standard InChI is InChI=1S/C20H18N4O3.ClH/c1-25-14-5-2-4-13(12-14)18-22-16-15-6-3-7-21-20(15)27-17(16)19(23-18)24-8-10-26-11-9-24;/h2-7,12H,8-11H2,1H3;1H. The van der Waals surface area contributed by atoms with Crippen molar-refractivity contribution in [3.63, 3.8) is 0 Å². The van der Waals surface area contributed by atoms with E-state index in [0.29, 0.717) is 30.3 Å². The Bertz CT molecular complexity index is 1130. The van der Waals surface area contributed by atoms with Crippen LogP contribution in [0.15, 0.2) is 47.0 Å². The van der Waals surface area contributed by atoms with Crippen LogP contribution in [0.2, 0.25) is 0 Å². The Labute approximate surface area is 167 Å². The first-order valence-electron chi connectivity index (χ1n) is 8.86. The Kier molecular flexibility index (Phi) is 5.02. The molecule has 1 saturated heterocycles. The number of hydrogen-bond acceptors (Lipinski definition) is 7. The third kappa shape index (κ3) is 3.12. The highest BCUT2D eigenvalue weighted by Gasteiger charge is 2.22. The number of halogens is 1. The Morgan fingerprint density at radius 2 is 1.93 bits per heavy atom. The fourth-order valence-electron chi connectivity index (χ4n) is 3.34. The number of hydrogen-bond donors (Lipinski definition) is 0. The number of aromatic nitrogens is 3. The molecule has 1 aliphatic rings. The van der Waals surface area contributed by atoms with Crippen molar-refractivity contribution in [2.45, 2.75) is 0 Å². The van der Waals surface area contributed by atoms with Gasteiger partial charge in [0.15, 0.2) is 17.2 Å². The van der Waals surface area contributed by atoms with Gasteiger partial charge in [0, 0.05) is 24.8 Å². The molecule has 8 heteroatoms. The summed E-state index contributed by atoms with van der Waals surface area (Å²) in [6.07, 6.45) is 1.72. The predicted molar refractivity (Wildman–Crippen MR) is 109 cm³/mol. The maximum Gasteiger partial charge on any atom is 0.229 e. The van der Waals surface area contributed by atoms with E-state index in [4.69, 9.17) is 23.9 Å². The fourth-order valence-corrected chi connectivity index (χ4v) is 3.34. The van der Waals surface area contributed by atoms with E-state index in [9.17, 15) is 0 Å². The van der Waals surface area contributed by atoms with E-state index < -0.39 is 0 Å². The molecule has 5 rings (SSSR count). The summed E-state index contributed by atoms with van der Waals surface area (Å²) in [4.78, 5) is 16.2. The second-order valence-electron chi connectivity index (χ2n) is 6.34. The van der Waals surface area contributed by atoms with Crippen LogP contribution in [0.4, 0.5) is 5.82 Å². The van der Waals surface area contributed by atoms with E-state index in [1.54, 1.807) is 13.3 Å². The highest BCUT2D eigenvalue weighted by atomic mass is 35.5. The Balaban J connectivity index is 0.00000192. The highest BCUT2D eigenvalue weighted by Crippen LogP contribution is 2.34. The van der Waals surface area contributed by atoms with Crippen molar-refractivity contribution >= 4 is 40.4 Å². The van der Waals surface area contributed by atoms with Gasteiger partial charge in [-0.1, -0.05) is 12.1 Å². The summed E-state index contributed by atoms with van der Waals surface area (Å²) in [6, 6.07) is 11.6. The van der Waals surface area contributed by atoms with Crippen LogP contribution in [0.25, 0.3) is 33.6 Å². The van der Waals surface area contributed by atoms with E-state index in [-0.39, 0.29) is 12.4 Å². The number of anilines is 1. The zero-order valence-corrected chi connectivity index (χ0v) is 16.1. The monoisotopic (exact) mass is 398 g/mol. The number of fused-ring (bicyclic) bond motifs is 3. The zero-order chi connectivity index (χ0) is 18.2. The average Bonchev–Trinajstić information content (AvgIpc) is 3.12. The quantitative estimate of drug-likeness (QED) is 0.520. The number of ether oxygens (including phenoxy) is 2. The molecule has 4 aromatic rings. The topological polar surface area (TPSA) is 73.5 Å². The van der Waals surface area contributed by atoms with Crippen molar-refractivity contribution in [2.24, 2.45) is 0 Å². The van der Waals surface area contributed by atoms with Gasteiger partial charge in [-0.2, -0.15) is 0 Å². The number of pyridine rings is 1. The van der Waals surface area contributed by atoms with Gasteiger partial charge in [0.25, 0.3) is 0 Å².